The first kappa shape index (κ1) is 27.0. The zero-order valence-electron chi connectivity index (χ0n) is 17.8. The van der Waals surface area contributed by atoms with E-state index in [9.17, 15) is 10.2 Å². The topological polar surface area (TPSA) is 82.2 Å². The predicted molar refractivity (Wildman–Crippen MR) is 134 cm³/mol. The number of hydrogen-bond acceptors (Lipinski definition) is 5. The van der Waals surface area contributed by atoms with Crippen LogP contribution in [0.2, 0.25) is 10.0 Å². The average Bonchev–Trinajstić information content (AvgIpc) is 2.88. The fourth-order valence-corrected chi connectivity index (χ4v) is 2.93. The van der Waals surface area contributed by atoms with Crippen molar-refractivity contribution < 1.29 is 31.3 Å². The monoisotopic (exact) mass is 529 g/mol. The second-order valence-electron chi connectivity index (χ2n) is 6.59. The van der Waals surface area contributed by atoms with Crippen LogP contribution in [0, 0.1) is 0 Å². The van der Waals surface area contributed by atoms with Crippen molar-refractivity contribution in [2.75, 3.05) is 0 Å². The Kier molecular flexibility index (Phi) is 11.8. The van der Waals surface area contributed by atoms with E-state index in [2.05, 4.69) is 9.98 Å². The van der Waals surface area contributed by atoms with Crippen LogP contribution in [-0.4, -0.2) is 22.6 Å². The van der Waals surface area contributed by atoms with Crippen molar-refractivity contribution in [2.24, 2.45) is 9.98 Å². The van der Waals surface area contributed by atoms with Gasteiger partial charge in [-0.05, 0) is 60.7 Å². The number of hydrogen-bond donors (Lipinski definition) is 2. The molecule has 0 atom stereocenters. The first-order valence-corrected chi connectivity index (χ1v) is 11.2. The van der Waals surface area contributed by atoms with Gasteiger partial charge >= 0.3 is 21.0 Å². The normalized spacial score (nSPS) is 10.3. The van der Waals surface area contributed by atoms with Gasteiger partial charge in [0.05, 0.1) is 11.4 Å². The van der Waals surface area contributed by atoms with Gasteiger partial charge in [-0.1, -0.05) is 59.6 Å². The van der Waals surface area contributed by atoms with Gasteiger partial charge in [0.25, 0.3) is 0 Å². The van der Waals surface area contributed by atoms with Gasteiger partial charge in [0, 0.05) is 33.6 Å². The second-order valence-corrected chi connectivity index (χ2v) is 7.47. The van der Waals surface area contributed by atoms with E-state index >= 15 is 0 Å². The van der Waals surface area contributed by atoms with Crippen molar-refractivity contribution in [1.29, 1.82) is 0 Å². The molecule has 0 saturated carbocycles. The third-order valence-electron chi connectivity index (χ3n) is 4.20. The summed E-state index contributed by atoms with van der Waals surface area (Å²) in [7, 11) is 0. The molecule has 4 rings (SSSR count). The number of halogens is 2. The molecule has 0 bridgehead atoms. The molecule has 0 radical (unpaired) electrons. The van der Waals surface area contributed by atoms with E-state index in [1.54, 1.807) is 48.8 Å². The number of rotatable bonds is 4. The van der Waals surface area contributed by atoms with Crippen molar-refractivity contribution in [3.05, 3.63) is 118 Å². The molecule has 171 valence electrons. The van der Waals surface area contributed by atoms with Crippen molar-refractivity contribution in [3.63, 3.8) is 0 Å². The van der Waals surface area contributed by atoms with Crippen LogP contribution < -0.4 is 0 Å². The van der Waals surface area contributed by atoms with Crippen LogP contribution in [-0.2, 0) is 21.0 Å². The molecule has 0 spiro atoms. The molecule has 0 aromatic heterocycles. The van der Waals surface area contributed by atoms with Gasteiger partial charge in [-0.2, -0.15) is 0 Å². The number of phenolic OH excluding ortho intramolecular Hbond substituents is 2. The molecule has 0 unspecified atom stereocenters. The predicted octanol–water partition coefficient (Wildman–Crippen LogP) is 7.47. The first-order chi connectivity index (χ1) is 16.5. The molecule has 0 saturated heterocycles. The van der Waals surface area contributed by atoms with Crippen LogP contribution in [0.1, 0.15) is 11.1 Å². The summed E-state index contributed by atoms with van der Waals surface area (Å²) in [5, 5.41) is 20.3. The SMILES string of the molecule is Oc1ccc(Cl)cc1C=Nc1ccccc1.Oc1ccc(Cl)cc1C=Nc1ccccc1.[O]=[V]. The molecule has 34 heavy (non-hydrogen) atoms. The zero-order chi connectivity index (χ0) is 24.8. The van der Waals surface area contributed by atoms with E-state index < -0.39 is 0 Å². The van der Waals surface area contributed by atoms with Crippen LogP contribution >= 0.6 is 23.2 Å². The Morgan fingerprint density at radius 3 is 1.29 bits per heavy atom. The van der Waals surface area contributed by atoms with Gasteiger partial charge in [-0.15, -0.1) is 0 Å². The standard InChI is InChI=1S/2C13H10ClNO.O.V/c2*14-11-6-7-13(16)10(8-11)9-15-12-4-2-1-3-5-12;;/h2*1-9,16H;;. The minimum atomic E-state index is 0.170. The Morgan fingerprint density at radius 1 is 0.588 bits per heavy atom. The molecular formula is C26H20Cl2N2O3V. The molecular weight excluding hydrogens is 510 g/mol. The molecule has 8 heteroatoms. The summed E-state index contributed by atoms with van der Waals surface area (Å²) in [6, 6.07) is 28.7. The zero-order valence-corrected chi connectivity index (χ0v) is 20.7. The van der Waals surface area contributed by atoms with E-state index in [4.69, 9.17) is 26.9 Å². The number of benzene rings is 4. The minimum absolute atomic E-state index is 0.170. The Labute approximate surface area is 217 Å². The van der Waals surface area contributed by atoms with E-state index in [0.29, 0.717) is 21.2 Å². The van der Waals surface area contributed by atoms with E-state index in [1.165, 1.54) is 0 Å². The van der Waals surface area contributed by atoms with Crippen molar-refractivity contribution in [1.82, 2.24) is 0 Å². The van der Waals surface area contributed by atoms with E-state index in [1.807, 2.05) is 60.7 Å². The summed E-state index contributed by atoms with van der Waals surface area (Å²) in [4.78, 5) is 8.47. The second kappa shape index (κ2) is 14.8. The van der Waals surface area contributed by atoms with Gasteiger partial charge in [-0.3, -0.25) is 9.98 Å². The van der Waals surface area contributed by atoms with Crippen molar-refractivity contribution >= 4 is 47.0 Å². The summed E-state index contributed by atoms with van der Waals surface area (Å²) in [6.45, 7) is 0. The van der Waals surface area contributed by atoms with Crippen LogP contribution in [0.25, 0.3) is 0 Å². The van der Waals surface area contributed by atoms with E-state index in [-0.39, 0.29) is 11.5 Å². The Hall–Kier alpha value is -3.22. The van der Waals surface area contributed by atoms with Gasteiger partial charge in [0.1, 0.15) is 11.5 Å². The van der Waals surface area contributed by atoms with Gasteiger partial charge < -0.3 is 10.2 Å². The third-order valence-corrected chi connectivity index (χ3v) is 4.67. The molecule has 4 aromatic carbocycles. The van der Waals surface area contributed by atoms with Gasteiger partial charge in [0.15, 0.2) is 0 Å². The molecule has 0 amide bonds. The molecule has 0 aliphatic heterocycles. The third kappa shape index (κ3) is 9.34. The molecule has 0 fully saturated rings. The molecule has 2 N–H and O–H groups in total. The maximum absolute atomic E-state index is 9.56. The molecule has 5 nitrogen and oxygen atoms in total. The quantitative estimate of drug-likeness (QED) is 0.269. The number of phenols is 2. The van der Waals surface area contributed by atoms with Crippen LogP contribution in [0.4, 0.5) is 11.4 Å². The Morgan fingerprint density at radius 2 is 0.941 bits per heavy atom. The first-order valence-electron chi connectivity index (χ1n) is 9.85. The number of nitrogens with zero attached hydrogens (tertiary/aromatic N) is 2. The summed E-state index contributed by atoms with van der Waals surface area (Å²) in [5.74, 6) is 0.341. The summed E-state index contributed by atoms with van der Waals surface area (Å²) < 4.78 is 8.19. The molecule has 0 aliphatic carbocycles. The number of aliphatic imine (C=N–C) groups is 2. The van der Waals surface area contributed by atoms with Crippen molar-refractivity contribution in [2.45, 2.75) is 0 Å². The van der Waals surface area contributed by atoms with E-state index in [0.717, 1.165) is 28.7 Å². The fourth-order valence-electron chi connectivity index (χ4n) is 2.57. The van der Waals surface area contributed by atoms with Crippen LogP contribution in [0.3, 0.4) is 0 Å². The molecule has 0 aliphatic rings. The maximum atomic E-state index is 9.56. The number of aromatic hydroxyl groups is 2. The Balaban J connectivity index is 0.000000224. The number of para-hydroxylation sites is 2. The summed E-state index contributed by atoms with van der Waals surface area (Å²) in [6.07, 6.45) is 3.19. The molecule has 4 aromatic rings. The fraction of sp³-hybridized carbons (Fsp3) is 0. The van der Waals surface area contributed by atoms with Gasteiger partial charge in [0.2, 0.25) is 0 Å². The summed E-state index contributed by atoms with van der Waals surface area (Å²) in [5.41, 5.74) is 2.89. The van der Waals surface area contributed by atoms with Crippen LogP contribution in [0.5, 0.6) is 11.5 Å². The van der Waals surface area contributed by atoms with Gasteiger partial charge in [-0.25, -0.2) is 0 Å². The van der Waals surface area contributed by atoms with Crippen molar-refractivity contribution in [3.8, 4) is 11.5 Å². The summed E-state index contributed by atoms with van der Waals surface area (Å²) >= 11 is 12.7. The average molecular weight is 530 g/mol. The molecule has 0 heterocycles. The Bertz CT molecular complexity index is 1140. The van der Waals surface area contributed by atoms with Crippen LogP contribution in [0.15, 0.2) is 107 Å².